The predicted molar refractivity (Wildman–Crippen MR) is 84.7 cm³/mol. The Hall–Kier alpha value is -2.41. The van der Waals surface area contributed by atoms with E-state index >= 15 is 0 Å². The molecule has 6 nitrogen and oxygen atoms in total. The van der Waals surface area contributed by atoms with E-state index in [-0.39, 0.29) is 12.5 Å². The number of amides is 2. The fourth-order valence-corrected chi connectivity index (χ4v) is 2.32. The molecule has 1 heterocycles. The third-order valence-corrected chi connectivity index (χ3v) is 3.67. The predicted octanol–water partition coefficient (Wildman–Crippen LogP) is 2.70. The zero-order valence-electron chi connectivity index (χ0n) is 12.3. The van der Waals surface area contributed by atoms with Gasteiger partial charge in [0.1, 0.15) is 12.6 Å². The average Bonchev–Trinajstić information content (AvgIpc) is 2.91. The Morgan fingerprint density at radius 3 is 2.68 bits per heavy atom. The zero-order chi connectivity index (χ0) is 15.9. The molecule has 0 saturated heterocycles. The summed E-state index contributed by atoms with van der Waals surface area (Å²) in [5.41, 5.74) is 1.72. The molecule has 2 N–H and O–H groups in total. The molecular weight excluding hydrogens is 302 g/mol. The second-order valence-electron chi connectivity index (χ2n) is 4.71. The number of carbonyl (C=O) groups excluding carboxylic acids is 2. The number of aryl methyl sites for hydroxylation is 1. The minimum Gasteiger partial charge on any atom is -0.445 e. The monoisotopic (exact) mass is 319 g/mol. The van der Waals surface area contributed by atoms with Gasteiger partial charge in [-0.1, -0.05) is 30.3 Å². The van der Waals surface area contributed by atoms with Gasteiger partial charge in [0.05, 0.1) is 5.69 Å². The highest BCUT2D eigenvalue weighted by molar-refractivity contribution is 7.13. The summed E-state index contributed by atoms with van der Waals surface area (Å²) in [6.07, 6.45) is -0.637. The van der Waals surface area contributed by atoms with Gasteiger partial charge in [0.2, 0.25) is 5.91 Å². The van der Waals surface area contributed by atoms with Gasteiger partial charge < -0.3 is 15.4 Å². The quantitative estimate of drug-likeness (QED) is 0.888. The molecule has 1 aromatic heterocycles. The van der Waals surface area contributed by atoms with E-state index in [4.69, 9.17) is 4.74 Å². The van der Waals surface area contributed by atoms with Crippen LogP contribution in [0.25, 0.3) is 0 Å². The summed E-state index contributed by atoms with van der Waals surface area (Å²) in [7, 11) is 0. The standard InChI is InChI=1S/C15H17N3O3S/c1-10-9-22-14(16-10)18-13(19)11(2)17-15(20)21-8-12-6-4-3-5-7-12/h3-7,9,11H,8H2,1-2H3,(H,17,20)(H,16,18,19)/t11-/m0/s1. The van der Waals surface area contributed by atoms with Gasteiger partial charge >= 0.3 is 6.09 Å². The van der Waals surface area contributed by atoms with Gasteiger partial charge in [-0.05, 0) is 19.4 Å². The number of rotatable bonds is 5. The zero-order valence-corrected chi connectivity index (χ0v) is 13.1. The summed E-state index contributed by atoms with van der Waals surface area (Å²) in [5.74, 6) is -0.342. The van der Waals surface area contributed by atoms with Crippen LogP contribution in [-0.4, -0.2) is 23.0 Å². The van der Waals surface area contributed by atoms with Crippen LogP contribution in [-0.2, 0) is 16.1 Å². The van der Waals surface area contributed by atoms with Gasteiger partial charge in [0, 0.05) is 5.38 Å². The molecule has 1 aromatic carbocycles. The van der Waals surface area contributed by atoms with E-state index in [0.29, 0.717) is 5.13 Å². The summed E-state index contributed by atoms with van der Waals surface area (Å²) >= 11 is 1.33. The molecule has 0 spiro atoms. The molecule has 116 valence electrons. The van der Waals surface area contributed by atoms with Crippen molar-refractivity contribution in [1.29, 1.82) is 0 Å². The molecule has 2 rings (SSSR count). The van der Waals surface area contributed by atoms with Crippen LogP contribution in [0.3, 0.4) is 0 Å². The largest absolute Gasteiger partial charge is 0.445 e. The molecule has 7 heteroatoms. The molecule has 0 aliphatic heterocycles. The summed E-state index contributed by atoms with van der Waals surface area (Å²) < 4.78 is 5.06. The van der Waals surface area contributed by atoms with Crippen LogP contribution < -0.4 is 10.6 Å². The first-order valence-electron chi connectivity index (χ1n) is 6.75. The highest BCUT2D eigenvalue weighted by Gasteiger charge is 2.17. The number of carbonyl (C=O) groups is 2. The molecule has 0 aliphatic carbocycles. The van der Waals surface area contributed by atoms with Crippen molar-refractivity contribution in [2.75, 3.05) is 5.32 Å². The van der Waals surface area contributed by atoms with Crippen LogP contribution in [0, 0.1) is 6.92 Å². The minimum atomic E-state index is -0.715. The molecule has 0 saturated carbocycles. The van der Waals surface area contributed by atoms with Gasteiger partial charge in [-0.25, -0.2) is 9.78 Å². The van der Waals surface area contributed by atoms with Crippen molar-refractivity contribution < 1.29 is 14.3 Å². The van der Waals surface area contributed by atoms with Crippen LogP contribution in [0.5, 0.6) is 0 Å². The molecule has 0 aliphatic rings. The van der Waals surface area contributed by atoms with Crippen LogP contribution >= 0.6 is 11.3 Å². The van der Waals surface area contributed by atoms with E-state index in [1.165, 1.54) is 11.3 Å². The SMILES string of the molecule is Cc1csc(NC(=O)[C@H](C)NC(=O)OCc2ccccc2)n1. The number of hydrogen-bond donors (Lipinski definition) is 2. The molecule has 1 atom stereocenters. The third-order valence-electron chi connectivity index (χ3n) is 2.79. The van der Waals surface area contributed by atoms with Crippen LogP contribution in [0.1, 0.15) is 18.2 Å². The molecule has 0 bridgehead atoms. The Morgan fingerprint density at radius 1 is 1.32 bits per heavy atom. The Kier molecular flexibility index (Phi) is 5.48. The molecule has 2 amide bonds. The lowest BCUT2D eigenvalue weighted by molar-refractivity contribution is -0.117. The molecule has 0 unspecified atom stereocenters. The Morgan fingerprint density at radius 2 is 2.05 bits per heavy atom. The minimum absolute atomic E-state index is 0.159. The summed E-state index contributed by atoms with van der Waals surface area (Å²) in [5, 5.41) is 7.46. The smallest absolute Gasteiger partial charge is 0.408 e. The lowest BCUT2D eigenvalue weighted by Crippen LogP contribution is -2.41. The maximum atomic E-state index is 11.9. The van der Waals surface area contributed by atoms with Crippen LogP contribution in [0.2, 0.25) is 0 Å². The van der Waals surface area contributed by atoms with E-state index in [1.54, 1.807) is 6.92 Å². The molecule has 2 aromatic rings. The van der Waals surface area contributed by atoms with Crippen molar-refractivity contribution in [2.24, 2.45) is 0 Å². The van der Waals surface area contributed by atoms with Crippen molar-refractivity contribution in [1.82, 2.24) is 10.3 Å². The van der Waals surface area contributed by atoms with E-state index in [0.717, 1.165) is 11.3 Å². The Labute approximate surface area is 132 Å². The topological polar surface area (TPSA) is 80.3 Å². The number of thiazole rings is 1. The van der Waals surface area contributed by atoms with Crippen LogP contribution in [0.4, 0.5) is 9.93 Å². The fraction of sp³-hybridized carbons (Fsp3) is 0.267. The average molecular weight is 319 g/mol. The molecule has 0 fully saturated rings. The number of aromatic nitrogens is 1. The Balaban J connectivity index is 1.76. The number of alkyl carbamates (subject to hydrolysis) is 1. The van der Waals surface area contributed by atoms with E-state index in [2.05, 4.69) is 15.6 Å². The van der Waals surface area contributed by atoms with E-state index in [9.17, 15) is 9.59 Å². The third kappa shape index (κ3) is 4.85. The maximum absolute atomic E-state index is 11.9. The maximum Gasteiger partial charge on any atom is 0.408 e. The Bertz CT molecular complexity index is 642. The van der Waals surface area contributed by atoms with E-state index in [1.807, 2.05) is 42.6 Å². The first-order chi connectivity index (χ1) is 10.5. The van der Waals surface area contributed by atoms with Crippen molar-refractivity contribution in [3.63, 3.8) is 0 Å². The summed E-state index contributed by atoms with van der Waals surface area (Å²) in [6.45, 7) is 3.58. The first kappa shape index (κ1) is 16.0. The number of nitrogens with zero attached hydrogens (tertiary/aromatic N) is 1. The van der Waals surface area contributed by atoms with Crippen molar-refractivity contribution >= 4 is 28.5 Å². The lowest BCUT2D eigenvalue weighted by Gasteiger charge is -2.13. The number of benzene rings is 1. The van der Waals surface area contributed by atoms with Crippen molar-refractivity contribution in [3.8, 4) is 0 Å². The van der Waals surface area contributed by atoms with Gasteiger partial charge in [-0.15, -0.1) is 11.3 Å². The van der Waals surface area contributed by atoms with Gasteiger partial charge in [0.25, 0.3) is 0 Å². The number of anilines is 1. The van der Waals surface area contributed by atoms with Gasteiger partial charge in [0.15, 0.2) is 5.13 Å². The van der Waals surface area contributed by atoms with Crippen LogP contribution in [0.15, 0.2) is 35.7 Å². The van der Waals surface area contributed by atoms with Gasteiger partial charge in [-0.3, -0.25) is 4.79 Å². The highest BCUT2D eigenvalue weighted by Crippen LogP contribution is 2.14. The summed E-state index contributed by atoms with van der Waals surface area (Å²) in [6, 6.07) is 8.61. The summed E-state index contributed by atoms with van der Waals surface area (Å²) in [4.78, 5) is 27.7. The fourth-order valence-electron chi connectivity index (χ4n) is 1.63. The molecule has 0 radical (unpaired) electrons. The molecule has 22 heavy (non-hydrogen) atoms. The number of ether oxygens (including phenoxy) is 1. The second kappa shape index (κ2) is 7.56. The highest BCUT2D eigenvalue weighted by atomic mass is 32.1. The second-order valence-corrected chi connectivity index (χ2v) is 5.57. The normalized spacial score (nSPS) is 11.5. The number of nitrogens with one attached hydrogen (secondary N) is 2. The lowest BCUT2D eigenvalue weighted by atomic mass is 10.2. The van der Waals surface area contributed by atoms with E-state index < -0.39 is 12.1 Å². The number of hydrogen-bond acceptors (Lipinski definition) is 5. The van der Waals surface area contributed by atoms with Crippen molar-refractivity contribution in [2.45, 2.75) is 26.5 Å². The van der Waals surface area contributed by atoms with Crippen molar-refractivity contribution in [3.05, 3.63) is 47.0 Å². The first-order valence-corrected chi connectivity index (χ1v) is 7.63. The molecular formula is C15H17N3O3S. The van der Waals surface area contributed by atoms with Gasteiger partial charge in [-0.2, -0.15) is 0 Å².